The van der Waals surface area contributed by atoms with Gasteiger partial charge in [-0.3, -0.25) is 0 Å². The predicted molar refractivity (Wildman–Crippen MR) is 85.2 cm³/mol. The van der Waals surface area contributed by atoms with E-state index < -0.39 is 0 Å². The molecule has 0 bridgehead atoms. The van der Waals surface area contributed by atoms with E-state index in [2.05, 4.69) is 47.7 Å². The van der Waals surface area contributed by atoms with Gasteiger partial charge in [-0.1, -0.05) is 20.8 Å². The van der Waals surface area contributed by atoms with Gasteiger partial charge in [0, 0.05) is 22.3 Å². The molecule has 0 fully saturated rings. The largest absolute Gasteiger partial charge is 0.253 e. The van der Waals surface area contributed by atoms with E-state index in [4.69, 9.17) is 0 Å². The summed E-state index contributed by atoms with van der Waals surface area (Å²) < 4.78 is 2.80. The van der Waals surface area contributed by atoms with Gasteiger partial charge in [0.2, 0.25) is 0 Å². The smallest absolute Gasteiger partial charge is 0.237 e. The van der Waals surface area contributed by atoms with Crippen LogP contribution in [0.2, 0.25) is 0 Å². The van der Waals surface area contributed by atoms with Crippen LogP contribution in [0, 0.1) is 13.8 Å². The fourth-order valence-corrected chi connectivity index (χ4v) is 4.02. The molecule has 0 aliphatic rings. The molecule has 0 spiro atoms. The van der Waals surface area contributed by atoms with Crippen LogP contribution in [0.1, 0.15) is 36.9 Å². The first-order chi connectivity index (χ1) is 9.86. The van der Waals surface area contributed by atoms with Crippen molar-refractivity contribution in [2.24, 2.45) is 0 Å². The van der Waals surface area contributed by atoms with Crippen molar-refractivity contribution in [3.8, 4) is 0 Å². The van der Waals surface area contributed by atoms with E-state index in [0.29, 0.717) is 5.78 Å². The van der Waals surface area contributed by atoms with E-state index in [1.807, 2.05) is 13.1 Å². The zero-order valence-electron chi connectivity index (χ0n) is 12.7. The number of nitrogens with zero attached hydrogens (tertiary/aromatic N) is 5. The van der Waals surface area contributed by atoms with Crippen molar-refractivity contribution in [2.75, 3.05) is 0 Å². The first-order valence-corrected chi connectivity index (χ1v) is 8.30. The molecular weight excluding hydrogens is 302 g/mol. The normalized spacial score (nSPS) is 12.2. The zero-order chi connectivity index (χ0) is 15.2. The lowest BCUT2D eigenvalue weighted by atomic mass is 9.96. The van der Waals surface area contributed by atoms with Gasteiger partial charge < -0.3 is 0 Å². The Morgan fingerprint density at radius 1 is 1.19 bits per heavy atom. The van der Waals surface area contributed by atoms with Crippen molar-refractivity contribution in [3.05, 3.63) is 28.7 Å². The van der Waals surface area contributed by atoms with Crippen molar-refractivity contribution in [3.63, 3.8) is 0 Å². The molecule has 0 unspecified atom stereocenters. The third-order valence-electron chi connectivity index (χ3n) is 3.26. The van der Waals surface area contributed by atoms with Crippen LogP contribution in [0.3, 0.4) is 0 Å². The molecule has 0 amide bonds. The van der Waals surface area contributed by atoms with Crippen LogP contribution in [0.25, 0.3) is 5.78 Å². The summed E-state index contributed by atoms with van der Waals surface area (Å²) in [6.07, 6.45) is 3.50. The Labute approximate surface area is 131 Å². The Morgan fingerprint density at radius 2 is 1.95 bits per heavy atom. The molecule has 0 aliphatic heterocycles. The Bertz CT molecular complexity index is 797. The van der Waals surface area contributed by atoms with Crippen molar-refractivity contribution < 1.29 is 0 Å². The molecule has 3 heterocycles. The average molecular weight is 319 g/mol. The fraction of sp³-hybridized carbons (Fsp3) is 0.429. The molecule has 21 heavy (non-hydrogen) atoms. The Kier molecular flexibility index (Phi) is 3.49. The fourth-order valence-electron chi connectivity index (χ4n) is 1.86. The van der Waals surface area contributed by atoms with Gasteiger partial charge in [-0.05, 0) is 31.0 Å². The number of aromatic nitrogens is 5. The molecular formula is C14H17N5S2. The highest BCUT2D eigenvalue weighted by molar-refractivity contribution is 8.01. The van der Waals surface area contributed by atoms with Crippen LogP contribution < -0.4 is 0 Å². The molecule has 3 rings (SSSR count). The molecule has 3 aromatic rings. The number of aryl methyl sites for hydroxylation is 1. The summed E-state index contributed by atoms with van der Waals surface area (Å²) in [4.78, 5) is 14.4. The van der Waals surface area contributed by atoms with Gasteiger partial charge in [0.1, 0.15) is 11.4 Å². The maximum Gasteiger partial charge on any atom is 0.253 e. The minimum absolute atomic E-state index is 0.127. The van der Waals surface area contributed by atoms with Gasteiger partial charge in [0.25, 0.3) is 5.78 Å². The van der Waals surface area contributed by atoms with Crippen LogP contribution in [-0.4, -0.2) is 24.6 Å². The molecule has 0 atom stereocenters. The van der Waals surface area contributed by atoms with Crippen LogP contribution >= 0.6 is 23.1 Å². The quantitative estimate of drug-likeness (QED) is 0.675. The van der Waals surface area contributed by atoms with Gasteiger partial charge in [0.05, 0.1) is 0 Å². The van der Waals surface area contributed by atoms with Crippen molar-refractivity contribution in [1.29, 1.82) is 0 Å². The second-order valence-electron chi connectivity index (χ2n) is 5.94. The summed E-state index contributed by atoms with van der Waals surface area (Å²) in [5.41, 5.74) is 2.22. The van der Waals surface area contributed by atoms with Crippen molar-refractivity contribution >= 4 is 28.9 Å². The minimum Gasteiger partial charge on any atom is -0.237 e. The second kappa shape index (κ2) is 5.06. The molecule has 5 nitrogen and oxygen atoms in total. The number of rotatable bonds is 2. The van der Waals surface area contributed by atoms with E-state index in [9.17, 15) is 0 Å². The molecule has 0 aliphatic carbocycles. The summed E-state index contributed by atoms with van der Waals surface area (Å²) in [5, 5.41) is 5.30. The van der Waals surface area contributed by atoms with Crippen molar-refractivity contribution in [2.45, 2.75) is 49.4 Å². The summed E-state index contributed by atoms with van der Waals surface area (Å²) >= 11 is 3.36. The Morgan fingerprint density at radius 3 is 2.62 bits per heavy atom. The Balaban J connectivity index is 2.04. The Hall–Kier alpha value is -1.47. The molecule has 7 heteroatoms. The van der Waals surface area contributed by atoms with Crippen LogP contribution in [0.5, 0.6) is 0 Å². The maximum atomic E-state index is 4.54. The van der Waals surface area contributed by atoms with Crippen molar-refractivity contribution in [1.82, 2.24) is 24.6 Å². The zero-order valence-corrected chi connectivity index (χ0v) is 14.3. The van der Waals surface area contributed by atoms with Gasteiger partial charge in [0.15, 0.2) is 4.34 Å². The number of hydrogen-bond donors (Lipinski definition) is 0. The monoisotopic (exact) mass is 319 g/mol. The second-order valence-corrected chi connectivity index (χ2v) is 8.21. The molecule has 0 N–H and O–H groups in total. The van der Waals surface area contributed by atoms with Gasteiger partial charge in [-0.15, -0.1) is 11.3 Å². The maximum absolute atomic E-state index is 4.54. The number of fused-ring (bicyclic) bond motifs is 1. The molecule has 0 saturated heterocycles. The third-order valence-corrected chi connectivity index (χ3v) is 5.93. The highest BCUT2D eigenvalue weighted by atomic mass is 32.2. The van der Waals surface area contributed by atoms with E-state index in [1.165, 1.54) is 11.2 Å². The standard InChI is InChI=1S/C14H17N5S2/c1-8-9(2)18-12-16-7-17-19(12)11(8)21-13-15-6-10(20-13)14(3,4)5/h6-7H,1-5H3. The van der Waals surface area contributed by atoms with E-state index in [1.54, 1.807) is 27.6 Å². The highest BCUT2D eigenvalue weighted by Crippen LogP contribution is 2.37. The summed E-state index contributed by atoms with van der Waals surface area (Å²) in [7, 11) is 0. The van der Waals surface area contributed by atoms with Gasteiger partial charge in [-0.2, -0.15) is 14.6 Å². The lowest BCUT2D eigenvalue weighted by Crippen LogP contribution is -2.07. The lowest BCUT2D eigenvalue weighted by molar-refractivity contribution is 0.602. The number of thiazole rings is 1. The van der Waals surface area contributed by atoms with Gasteiger partial charge >= 0.3 is 0 Å². The van der Waals surface area contributed by atoms with E-state index >= 15 is 0 Å². The lowest BCUT2D eigenvalue weighted by Gasteiger charge is -2.14. The summed E-state index contributed by atoms with van der Waals surface area (Å²) in [6, 6.07) is 0. The topological polar surface area (TPSA) is 56.0 Å². The summed E-state index contributed by atoms with van der Waals surface area (Å²) in [5.74, 6) is 0.633. The van der Waals surface area contributed by atoms with Gasteiger partial charge in [-0.25, -0.2) is 9.97 Å². The average Bonchev–Trinajstić information content (AvgIpc) is 3.02. The molecule has 0 radical (unpaired) electrons. The molecule has 0 aromatic carbocycles. The molecule has 3 aromatic heterocycles. The molecule has 0 saturated carbocycles. The minimum atomic E-state index is 0.127. The van der Waals surface area contributed by atoms with Crippen LogP contribution in [-0.2, 0) is 5.41 Å². The first-order valence-electron chi connectivity index (χ1n) is 6.67. The van der Waals surface area contributed by atoms with E-state index in [0.717, 1.165) is 20.6 Å². The SMILES string of the molecule is Cc1nc2ncnn2c(Sc2ncc(C(C)(C)C)s2)c1C. The first kappa shape index (κ1) is 14.5. The predicted octanol–water partition coefficient (Wildman–Crippen LogP) is 3.65. The molecule has 110 valence electrons. The van der Waals surface area contributed by atoms with Crippen LogP contribution in [0.15, 0.2) is 21.9 Å². The van der Waals surface area contributed by atoms with Crippen LogP contribution in [0.4, 0.5) is 0 Å². The van der Waals surface area contributed by atoms with E-state index in [-0.39, 0.29) is 5.41 Å². The third kappa shape index (κ3) is 2.67. The highest BCUT2D eigenvalue weighted by Gasteiger charge is 2.19. The number of hydrogen-bond acceptors (Lipinski definition) is 6. The summed E-state index contributed by atoms with van der Waals surface area (Å²) in [6.45, 7) is 10.7.